The van der Waals surface area contributed by atoms with E-state index in [1.165, 1.54) is 19.3 Å². The highest BCUT2D eigenvalue weighted by molar-refractivity contribution is 6.23. The van der Waals surface area contributed by atoms with Gasteiger partial charge in [-0.05, 0) is 62.9 Å². The van der Waals surface area contributed by atoms with E-state index in [0.717, 1.165) is 24.7 Å². The van der Waals surface area contributed by atoms with Crippen molar-refractivity contribution in [3.8, 4) is 0 Å². The quantitative estimate of drug-likeness (QED) is 0.531. The van der Waals surface area contributed by atoms with Gasteiger partial charge in [0, 0.05) is 5.38 Å². The molecule has 3 unspecified atom stereocenters. The molecule has 0 heterocycles. The van der Waals surface area contributed by atoms with E-state index in [-0.39, 0.29) is 10.8 Å². The van der Waals surface area contributed by atoms with Crippen LogP contribution in [0, 0.1) is 23.2 Å². The first-order chi connectivity index (χ1) is 7.65. The van der Waals surface area contributed by atoms with E-state index >= 15 is 0 Å². The van der Waals surface area contributed by atoms with Crippen LogP contribution in [-0.4, -0.2) is 11.2 Å². The summed E-state index contributed by atoms with van der Waals surface area (Å²) in [6.45, 7) is 1.92. The minimum Gasteiger partial charge on any atom is -0.294 e. The summed E-state index contributed by atoms with van der Waals surface area (Å²) in [5, 5.41) is 0.101. The molecule has 0 amide bonds. The first kappa shape index (κ1) is 10.8. The van der Waals surface area contributed by atoms with Crippen molar-refractivity contribution in [1.82, 2.24) is 0 Å². The molecule has 4 aliphatic rings. The molecule has 1 nitrogen and oxygen atoms in total. The lowest BCUT2D eigenvalue weighted by molar-refractivity contribution is -0.137. The highest BCUT2D eigenvalue weighted by Gasteiger charge is 2.59. The Hall–Kier alpha value is -0.300. The molecule has 0 aromatic carbocycles. The first-order valence-electron chi connectivity index (χ1n) is 6.47. The van der Waals surface area contributed by atoms with Crippen LogP contribution in [-0.2, 0) is 4.79 Å². The zero-order chi connectivity index (χ0) is 11.3. The predicted molar refractivity (Wildman–Crippen MR) is 65.5 cm³/mol. The molecule has 3 atom stereocenters. The van der Waals surface area contributed by atoms with E-state index < -0.39 is 0 Å². The lowest BCUT2D eigenvalue weighted by atomic mass is 9.48. The summed E-state index contributed by atoms with van der Waals surface area (Å²) in [5.41, 5.74) is -0.192. The highest BCUT2D eigenvalue weighted by Crippen LogP contribution is 2.62. The van der Waals surface area contributed by atoms with Crippen LogP contribution in [0.2, 0.25) is 0 Å². The van der Waals surface area contributed by atoms with Gasteiger partial charge in [0.2, 0.25) is 0 Å². The number of hydrogen-bond acceptors (Lipinski definition) is 1. The lowest BCUT2D eigenvalue weighted by Gasteiger charge is -2.58. The van der Waals surface area contributed by atoms with Crippen LogP contribution in [0.3, 0.4) is 0 Å². The topological polar surface area (TPSA) is 17.1 Å². The third kappa shape index (κ3) is 1.33. The average Bonchev–Trinajstić information content (AvgIpc) is 2.25. The van der Waals surface area contributed by atoms with Gasteiger partial charge in [-0.15, -0.1) is 11.6 Å². The molecule has 4 fully saturated rings. The Labute approximate surface area is 102 Å². The van der Waals surface area contributed by atoms with Gasteiger partial charge in [-0.2, -0.15) is 0 Å². The fraction of sp³-hybridized carbons (Fsp3) is 0.786. The largest absolute Gasteiger partial charge is 0.294 e. The zero-order valence-corrected chi connectivity index (χ0v) is 10.5. The zero-order valence-electron chi connectivity index (χ0n) is 9.79. The van der Waals surface area contributed by atoms with Gasteiger partial charge in [0.1, 0.15) is 0 Å². The summed E-state index contributed by atoms with van der Waals surface area (Å²) in [4.78, 5) is 12.3. The SMILES string of the molecule is C/C=C/C(=O)C12CC3CC(CC(C3)C1Cl)C2. The van der Waals surface area contributed by atoms with Crippen molar-refractivity contribution in [1.29, 1.82) is 0 Å². The molecule has 0 spiro atoms. The van der Waals surface area contributed by atoms with Gasteiger partial charge < -0.3 is 0 Å². The van der Waals surface area contributed by atoms with Crippen LogP contribution in [0.1, 0.15) is 39.0 Å². The number of ketones is 1. The van der Waals surface area contributed by atoms with Gasteiger partial charge in [-0.3, -0.25) is 4.79 Å². The monoisotopic (exact) mass is 238 g/mol. The van der Waals surface area contributed by atoms with Crippen LogP contribution in [0.4, 0.5) is 0 Å². The summed E-state index contributed by atoms with van der Waals surface area (Å²) < 4.78 is 0. The smallest absolute Gasteiger partial charge is 0.163 e. The summed E-state index contributed by atoms with van der Waals surface area (Å²) >= 11 is 6.60. The molecule has 16 heavy (non-hydrogen) atoms. The Bertz CT molecular complexity index is 333. The molecule has 4 aliphatic carbocycles. The molecule has 0 radical (unpaired) electrons. The molecule has 2 heteroatoms. The van der Waals surface area contributed by atoms with E-state index in [0.29, 0.717) is 11.7 Å². The molecular formula is C14H19ClO. The number of carbonyl (C=O) groups is 1. The van der Waals surface area contributed by atoms with Crippen LogP contribution >= 0.6 is 11.6 Å². The van der Waals surface area contributed by atoms with Crippen LogP contribution in [0.15, 0.2) is 12.2 Å². The maximum absolute atomic E-state index is 12.3. The van der Waals surface area contributed by atoms with Crippen molar-refractivity contribution in [2.45, 2.75) is 44.4 Å². The Morgan fingerprint density at radius 3 is 2.44 bits per heavy atom. The van der Waals surface area contributed by atoms with Crippen LogP contribution < -0.4 is 0 Å². The second-order valence-electron chi connectivity index (χ2n) is 6.03. The predicted octanol–water partition coefficient (Wildman–Crippen LogP) is 3.57. The molecule has 0 aromatic rings. The summed E-state index contributed by atoms with van der Waals surface area (Å²) in [5.74, 6) is 2.47. The minimum absolute atomic E-state index is 0.101. The van der Waals surface area contributed by atoms with Gasteiger partial charge in [-0.25, -0.2) is 0 Å². The number of carbonyl (C=O) groups excluding carboxylic acids is 1. The normalized spacial score (nSPS) is 50.1. The van der Waals surface area contributed by atoms with E-state index in [2.05, 4.69) is 0 Å². The fourth-order valence-electron chi connectivity index (χ4n) is 4.63. The van der Waals surface area contributed by atoms with Gasteiger partial charge in [0.15, 0.2) is 5.78 Å². The number of rotatable bonds is 2. The van der Waals surface area contributed by atoms with Crippen LogP contribution in [0.25, 0.3) is 0 Å². The summed E-state index contributed by atoms with van der Waals surface area (Å²) in [6, 6.07) is 0. The van der Waals surface area contributed by atoms with E-state index in [4.69, 9.17) is 11.6 Å². The number of hydrogen-bond donors (Lipinski definition) is 0. The maximum Gasteiger partial charge on any atom is 0.163 e. The average molecular weight is 239 g/mol. The minimum atomic E-state index is -0.192. The molecular weight excluding hydrogens is 220 g/mol. The van der Waals surface area contributed by atoms with Gasteiger partial charge >= 0.3 is 0 Å². The van der Waals surface area contributed by atoms with E-state index in [1.54, 1.807) is 6.08 Å². The van der Waals surface area contributed by atoms with Crippen molar-refractivity contribution in [3.63, 3.8) is 0 Å². The Balaban J connectivity index is 1.96. The van der Waals surface area contributed by atoms with Crippen molar-refractivity contribution in [3.05, 3.63) is 12.2 Å². The van der Waals surface area contributed by atoms with Gasteiger partial charge in [0.05, 0.1) is 5.41 Å². The molecule has 4 rings (SSSR count). The standard InChI is InChI=1S/C14H19ClO/c1-2-3-12(16)14-7-9-4-10(8-14)6-11(5-9)13(14)15/h2-3,9-11,13H,4-8H2,1H3/b3-2+. The van der Waals surface area contributed by atoms with E-state index in [9.17, 15) is 4.79 Å². The molecule has 0 saturated heterocycles. The van der Waals surface area contributed by atoms with Crippen LogP contribution in [0.5, 0.6) is 0 Å². The van der Waals surface area contributed by atoms with Crippen molar-refractivity contribution < 1.29 is 4.79 Å². The summed E-state index contributed by atoms with van der Waals surface area (Å²) in [6.07, 6.45) is 9.62. The second kappa shape index (κ2) is 3.60. The maximum atomic E-state index is 12.3. The Kier molecular flexibility index (Phi) is 2.43. The summed E-state index contributed by atoms with van der Waals surface area (Å²) in [7, 11) is 0. The third-order valence-corrected chi connectivity index (χ3v) is 5.77. The lowest BCUT2D eigenvalue weighted by Crippen LogP contribution is -2.56. The molecule has 0 aromatic heterocycles. The van der Waals surface area contributed by atoms with Gasteiger partial charge in [0.25, 0.3) is 0 Å². The molecule has 0 N–H and O–H groups in total. The molecule has 4 saturated carbocycles. The third-order valence-electron chi connectivity index (χ3n) is 5.00. The molecule has 0 aliphatic heterocycles. The molecule has 4 bridgehead atoms. The van der Waals surface area contributed by atoms with Gasteiger partial charge in [-0.1, -0.05) is 6.08 Å². The van der Waals surface area contributed by atoms with Crippen molar-refractivity contribution >= 4 is 17.4 Å². The Morgan fingerprint density at radius 1 is 1.25 bits per heavy atom. The van der Waals surface area contributed by atoms with Crippen molar-refractivity contribution in [2.75, 3.05) is 0 Å². The Morgan fingerprint density at radius 2 is 1.88 bits per heavy atom. The fourth-order valence-corrected chi connectivity index (χ4v) is 5.12. The number of allylic oxidation sites excluding steroid dienone is 2. The van der Waals surface area contributed by atoms with Crippen molar-refractivity contribution in [2.24, 2.45) is 23.2 Å². The molecule has 88 valence electrons. The highest BCUT2D eigenvalue weighted by atomic mass is 35.5. The second-order valence-corrected chi connectivity index (χ2v) is 6.50. The van der Waals surface area contributed by atoms with E-state index in [1.807, 2.05) is 13.0 Å². The first-order valence-corrected chi connectivity index (χ1v) is 6.90. The number of halogens is 1. The number of alkyl halides is 1.